The Balaban J connectivity index is 1.22. The minimum Gasteiger partial charge on any atom is -0.348 e. The van der Waals surface area contributed by atoms with E-state index in [0.717, 1.165) is 45.2 Å². The molecule has 1 aromatic rings. The molecular formula is C32H45ClN6O2. The van der Waals surface area contributed by atoms with Gasteiger partial charge < -0.3 is 14.5 Å². The van der Waals surface area contributed by atoms with Crippen LogP contribution in [0.15, 0.2) is 36.9 Å². The van der Waals surface area contributed by atoms with E-state index in [1.165, 1.54) is 30.0 Å². The molecule has 1 amide bonds. The van der Waals surface area contributed by atoms with Crippen LogP contribution in [-0.4, -0.2) is 91.1 Å². The van der Waals surface area contributed by atoms with Gasteiger partial charge in [-0.25, -0.2) is 0 Å². The van der Waals surface area contributed by atoms with Crippen molar-refractivity contribution in [3.8, 4) is 6.07 Å². The quantitative estimate of drug-likeness (QED) is 0.393. The predicted octanol–water partition coefficient (Wildman–Crippen LogP) is 3.59. The number of likely N-dealkylation sites (N-methyl/N-ethyl adjacent to an activating group) is 1. The number of piperazine rings is 1. The van der Waals surface area contributed by atoms with Crippen LogP contribution in [0.2, 0.25) is 0 Å². The molecular weight excluding hydrogens is 536 g/mol. The summed E-state index contributed by atoms with van der Waals surface area (Å²) in [4.78, 5) is 19.3. The van der Waals surface area contributed by atoms with Crippen LogP contribution < -0.4 is 10.6 Å². The fourth-order valence-corrected chi connectivity index (χ4v) is 8.94. The number of nitrogens with zero attached hydrogens (tertiary/aromatic N) is 4. The van der Waals surface area contributed by atoms with Gasteiger partial charge in [-0.1, -0.05) is 30.8 Å². The van der Waals surface area contributed by atoms with E-state index in [-0.39, 0.29) is 41.3 Å². The zero-order chi connectivity index (χ0) is 28.6. The Morgan fingerprint density at radius 1 is 1.22 bits per heavy atom. The molecule has 0 radical (unpaired) electrons. The zero-order valence-electron chi connectivity index (χ0n) is 24.3. The van der Waals surface area contributed by atoms with Crippen molar-refractivity contribution >= 4 is 17.5 Å². The van der Waals surface area contributed by atoms with E-state index < -0.39 is 0 Å². The molecule has 1 aromatic carbocycles. The van der Waals surface area contributed by atoms with E-state index in [4.69, 9.17) is 16.3 Å². The molecule has 41 heavy (non-hydrogen) atoms. The lowest BCUT2D eigenvalue weighted by molar-refractivity contribution is -0.137. The molecule has 4 fully saturated rings. The van der Waals surface area contributed by atoms with Gasteiger partial charge in [0.15, 0.2) is 6.35 Å². The Hall–Kier alpha value is -1.99. The topological polar surface area (TPSA) is 83.9 Å². The Kier molecular flexibility index (Phi) is 8.74. The van der Waals surface area contributed by atoms with Gasteiger partial charge in [-0.15, -0.1) is 11.6 Å². The maximum atomic E-state index is 12.6. The van der Waals surface area contributed by atoms with Gasteiger partial charge in [0.25, 0.3) is 0 Å². The van der Waals surface area contributed by atoms with Gasteiger partial charge in [0, 0.05) is 37.6 Å². The smallest absolute Gasteiger partial charge is 0.246 e. The van der Waals surface area contributed by atoms with Crippen LogP contribution in [0.5, 0.6) is 0 Å². The molecule has 1 spiro atoms. The highest BCUT2D eigenvalue weighted by Crippen LogP contribution is 2.57. The third-order valence-electron chi connectivity index (χ3n) is 10.8. The number of amides is 1. The number of fused-ring (bicyclic) bond motifs is 2. The molecule has 3 heterocycles. The average Bonchev–Trinajstić information content (AvgIpc) is 3.41. The van der Waals surface area contributed by atoms with Gasteiger partial charge in [0.05, 0.1) is 36.7 Å². The van der Waals surface area contributed by atoms with E-state index >= 15 is 0 Å². The molecule has 3 saturated heterocycles. The number of rotatable bonds is 6. The predicted molar refractivity (Wildman–Crippen MR) is 160 cm³/mol. The van der Waals surface area contributed by atoms with Crippen molar-refractivity contribution in [3.63, 3.8) is 0 Å². The minimum atomic E-state index is -0.252. The average molecular weight is 581 g/mol. The maximum Gasteiger partial charge on any atom is 0.246 e. The summed E-state index contributed by atoms with van der Waals surface area (Å²) in [7, 11) is 2.19. The Bertz CT molecular complexity index is 1160. The summed E-state index contributed by atoms with van der Waals surface area (Å²) in [5.74, 6) is 0.299. The van der Waals surface area contributed by atoms with Crippen LogP contribution >= 0.6 is 11.6 Å². The van der Waals surface area contributed by atoms with Crippen LogP contribution in [0, 0.1) is 22.7 Å². The van der Waals surface area contributed by atoms with Gasteiger partial charge in [-0.05, 0) is 81.2 Å². The summed E-state index contributed by atoms with van der Waals surface area (Å²) < 4.78 is 6.56. The van der Waals surface area contributed by atoms with E-state index in [1.54, 1.807) is 0 Å². The number of alkyl halides is 1. The van der Waals surface area contributed by atoms with Crippen LogP contribution in [0.3, 0.4) is 0 Å². The first-order valence-electron chi connectivity index (χ1n) is 15.5. The maximum absolute atomic E-state index is 12.6. The molecule has 0 bridgehead atoms. The van der Waals surface area contributed by atoms with Crippen molar-refractivity contribution in [1.82, 2.24) is 25.3 Å². The molecule has 6 rings (SSSR count). The third kappa shape index (κ3) is 5.70. The molecule has 5 aliphatic rings. The summed E-state index contributed by atoms with van der Waals surface area (Å²) in [6.07, 6.45) is 9.34. The number of benzene rings is 1. The van der Waals surface area contributed by atoms with E-state index in [9.17, 15) is 10.1 Å². The van der Waals surface area contributed by atoms with Crippen molar-refractivity contribution in [2.45, 2.75) is 87.4 Å². The van der Waals surface area contributed by atoms with Gasteiger partial charge in [0.2, 0.25) is 5.91 Å². The highest BCUT2D eigenvalue weighted by atomic mass is 35.5. The summed E-state index contributed by atoms with van der Waals surface area (Å²) in [5.41, 5.74) is 2.78. The second kappa shape index (κ2) is 12.3. The second-order valence-electron chi connectivity index (χ2n) is 13.0. The SMILES string of the molecule is C=CC(=O)N1CCN(C2NC(OCC3CCCN3C)NC3CC4(CCc5ccccc5C4Cl)CCC32)CC1CC#N. The first-order chi connectivity index (χ1) is 19.9. The first kappa shape index (κ1) is 29.1. The van der Waals surface area contributed by atoms with Gasteiger partial charge >= 0.3 is 0 Å². The number of hydrogen-bond acceptors (Lipinski definition) is 7. The number of carbonyl (C=O) groups is 1. The number of nitriles is 1. The number of carbonyl (C=O) groups excluding carboxylic acids is 1. The van der Waals surface area contributed by atoms with Crippen molar-refractivity contribution < 1.29 is 9.53 Å². The molecule has 1 saturated carbocycles. The monoisotopic (exact) mass is 580 g/mol. The largest absolute Gasteiger partial charge is 0.348 e. The number of halogens is 1. The molecule has 2 N–H and O–H groups in total. The molecule has 0 aromatic heterocycles. The third-order valence-corrected chi connectivity index (χ3v) is 11.5. The fourth-order valence-electron chi connectivity index (χ4n) is 8.42. The lowest BCUT2D eigenvalue weighted by Crippen LogP contribution is -2.72. The van der Waals surface area contributed by atoms with Crippen LogP contribution in [0.1, 0.15) is 61.4 Å². The van der Waals surface area contributed by atoms with Crippen LogP contribution in [0.4, 0.5) is 0 Å². The molecule has 8 nitrogen and oxygen atoms in total. The number of ether oxygens (including phenoxy) is 1. The number of hydrogen-bond donors (Lipinski definition) is 2. The van der Waals surface area contributed by atoms with Gasteiger partial charge in [-0.2, -0.15) is 5.26 Å². The van der Waals surface area contributed by atoms with Gasteiger partial charge in [0.1, 0.15) is 0 Å². The molecule has 8 atom stereocenters. The second-order valence-corrected chi connectivity index (χ2v) is 13.4. The van der Waals surface area contributed by atoms with E-state index in [1.807, 2.05) is 4.90 Å². The lowest BCUT2D eigenvalue weighted by Gasteiger charge is -2.57. The van der Waals surface area contributed by atoms with Crippen molar-refractivity contribution in [2.75, 3.05) is 39.8 Å². The Morgan fingerprint density at radius 3 is 2.85 bits per heavy atom. The van der Waals surface area contributed by atoms with E-state index in [2.05, 4.69) is 64.4 Å². The highest BCUT2D eigenvalue weighted by molar-refractivity contribution is 6.21. The number of nitrogens with one attached hydrogen (secondary N) is 2. The van der Waals surface area contributed by atoms with Crippen LogP contribution in [0.25, 0.3) is 0 Å². The molecule has 222 valence electrons. The number of aryl methyl sites for hydroxylation is 1. The molecule has 3 aliphatic heterocycles. The lowest BCUT2D eigenvalue weighted by atomic mass is 9.59. The summed E-state index contributed by atoms with van der Waals surface area (Å²) in [6.45, 7) is 7.54. The summed E-state index contributed by atoms with van der Waals surface area (Å²) in [5, 5.41) is 17.3. The molecule has 2 aliphatic carbocycles. The first-order valence-corrected chi connectivity index (χ1v) is 16.0. The van der Waals surface area contributed by atoms with Crippen molar-refractivity contribution in [3.05, 3.63) is 48.0 Å². The van der Waals surface area contributed by atoms with Crippen molar-refractivity contribution in [2.24, 2.45) is 11.3 Å². The zero-order valence-corrected chi connectivity index (χ0v) is 25.1. The standard InChI is InChI=1S/C32H45ClN6O2/c1-3-28(40)39-18-17-38(20-23(39)12-15-34)30-26-11-14-32(13-10-22-7-4-5-9-25(22)29(32)33)19-27(26)35-31(36-30)41-21-24-8-6-16-37(24)2/h3-5,7,9,23-24,26-27,29-31,35-36H,1,6,8,10-14,16-21H2,2H3. The normalized spacial score (nSPS) is 37.8. The number of likely N-dealkylation sites (tertiary alicyclic amines) is 1. The van der Waals surface area contributed by atoms with Crippen LogP contribution in [-0.2, 0) is 16.0 Å². The van der Waals surface area contributed by atoms with E-state index in [0.29, 0.717) is 38.1 Å². The minimum absolute atomic E-state index is 0.0171. The Labute approximate surface area is 250 Å². The summed E-state index contributed by atoms with van der Waals surface area (Å²) >= 11 is 7.35. The molecule has 8 unspecified atom stereocenters. The Morgan fingerprint density at radius 2 is 2.07 bits per heavy atom. The highest BCUT2D eigenvalue weighted by Gasteiger charge is 2.52. The van der Waals surface area contributed by atoms with Crippen molar-refractivity contribution in [1.29, 1.82) is 5.26 Å². The molecule has 9 heteroatoms. The summed E-state index contributed by atoms with van der Waals surface area (Å²) in [6, 6.07) is 11.6. The van der Waals surface area contributed by atoms with Gasteiger partial charge in [-0.3, -0.25) is 20.3 Å². The fraction of sp³-hybridized carbons (Fsp3) is 0.688.